The molecule has 154 valence electrons. The fraction of sp³-hybridized carbons (Fsp3) is 0.409. The van der Waals surface area contributed by atoms with Gasteiger partial charge in [0.15, 0.2) is 0 Å². The quantitative estimate of drug-likeness (QED) is 0.502. The van der Waals surface area contributed by atoms with Crippen LogP contribution in [-0.4, -0.2) is 15.9 Å². The third kappa shape index (κ3) is 4.46. The lowest BCUT2D eigenvalue weighted by atomic mass is 10.0. The molecule has 5 nitrogen and oxygen atoms in total. The topological polar surface area (TPSA) is 74.8 Å². The summed E-state index contributed by atoms with van der Waals surface area (Å²) in [5, 5.41) is 3.99. The summed E-state index contributed by atoms with van der Waals surface area (Å²) in [6.45, 7) is 10.3. The number of aromatic nitrogens is 2. The van der Waals surface area contributed by atoms with Gasteiger partial charge in [-0.1, -0.05) is 27.2 Å². The number of H-pyrrole nitrogens is 1. The number of thiazole rings is 1. The van der Waals surface area contributed by atoms with Crippen molar-refractivity contribution < 1.29 is 4.79 Å². The normalized spacial score (nSPS) is 11.4. The van der Waals surface area contributed by atoms with E-state index in [1.807, 2.05) is 26.0 Å². The number of aryl methyl sites for hydroxylation is 3. The highest BCUT2D eigenvalue weighted by Gasteiger charge is 2.19. The van der Waals surface area contributed by atoms with Crippen LogP contribution in [0.5, 0.6) is 0 Å². The van der Waals surface area contributed by atoms with E-state index in [-0.39, 0.29) is 18.0 Å². The molecule has 7 heteroatoms. The lowest BCUT2D eigenvalue weighted by Gasteiger charge is -2.12. The maximum Gasteiger partial charge on any atom is 0.253 e. The fourth-order valence-corrected chi connectivity index (χ4v) is 5.09. The molecule has 1 aromatic carbocycles. The minimum absolute atomic E-state index is 0.136. The van der Waals surface area contributed by atoms with Crippen LogP contribution in [-0.2, 0) is 13.0 Å². The van der Waals surface area contributed by atoms with Gasteiger partial charge in [-0.15, -0.1) is 11.3 Å². The second-order valence-corrected chi connectivity index (χ2v) is 9.52. The molecule has 0 bridgehead atoms. The smallest absolute Gasteiger partial charge is 0.253 e. The Morgan fingerprint density at radius 2 is 2.03 bits per heavy atom. The first-order valence-electron chi connectivity index (χ1n) is 9.82. The van der Waals surface area contributed by atoms with Crippen LogP contribution in [0.4, 0.5) is 0 Å². The maximum atomic E-state index is 13.0. The van der Waals surface area contributed by atoms with Gasteiger partial charge in [-0.05, 0) is 59.5 Å². The van der Waals surface area contributed by atoms with Gasteiger partial charge < -0.3 is 10.3 Å². The number of hydrogen-bond acceptors (Lipinski definition) is 4. The first-order chi connectivity index (χ1) is 13.7. The molecule has 0 aliphatic rings. The lowest BCUT2D eigenvalue weighted by molar-refractivity contribution is 0.0950. The molecular formula is C22H26BrN3O2S. The number of nitrogens with zero attached hydrogens (tertiary/aromatic N) is 1. The van der Waals surface area contributed by atoms with Crippen molar-refractivity contribution in [2.24, 2.45) is 0 Å². The van der Waals surface area contributed by atoms with Crippen molar-refractivity contribution in [2.45, 2.75) is 59.9 Å². The van der Waals surface area contributed by atoms with Crippen LogP contribution in [0.1, 0.15) is 70.9 Å². The molecule has 0 aliphatic heterocycles. The van der Waals surface area contributed by atoms with E-state index in [0.29, 0.717) is 17.0 Å². The molecule has 0 fully saturated rings. The molecule has 29 heavy (non-hydrogen) atoms. The Morgan fingerprint density at radius 3 is 2.69 bits per heavy atom. The van der Waals surface area contributed by atoms with Crippen LogP contribution >= 0.6 is 27.3 Å². The van der Waals surface area contributed by atoms with E-state index in [4.69, 9.17) is 4.98 Å². The third-order valence-electron chi connectivity index (χ3n) is 4.94. The van der Waals surface area contributed by atoms with Crippen molar-refractivity contribution >= 4 is 43.4 Å². The van der Waals surface area contributed by atoms with Gasteiger partial charge in [-0.2, -0.15) is 0 Å². The van der Waals surface area contributed by atoms with E-state index >= 15 is 0 Å². The van der Waals surface area contributed by atoms with Gasteiger partial charge in [0.05, 0.1) is 15.2 Å². The summed E-state index contributed by atoms with van der Waals surface area (Å²) in [6.07, 6.45) is 1.75. The van der Waals surface area contributed by atoms with Gasteiger partial charge >= 0.3 is 0 Å². The monoisotopic (exact) mass is 475 g/mol. The first-order valence-corrected chi connectivity index (χ1v) is 11.4. The van der Waals surface area contributed by atoms with E-state index in [1.165, 1.54) is 0 Å². The minimum Gasteiger partial charge on any atom is -0.348 e. The predicted octanol–water partition coefficient (Wildman–Crippen LogP) is 5.37. The molecule has 0 unspecified atom stereocenters. The summed E-state index contributed by atoms with van der Waals surface area (Å²) in [6, 6.07) is 3.84. The van der Waals surface area contributed by atoms with Crippen molar-refractivity contribution in [1.82, 2.24) is 15.3 Å². The van der Waals surface area contributed by atoms with Crippen molar-refractivity contribution in [3.63, 3.8) is 0 Å². The number of halogens is 1. The molecular weight excluding hydrogens is 450 g/mol. The number of amides is 1. The van der Waals surface area contributed by atoms with E-state index in [2.05, 4.69) is 47.0 Å². The van der Waals surface area contributed by atoms with Crippen molar-refractivity contribution in [1.29, 1.82) is 0 Å². The number of pyridine rings is 1. The number of carbonyl (C=O) groups excluding carboxylic acids is 1. The van der Waals surface area contributed by atoms with Crippen LogP contribution < -0.4 is 10.9 Å². The Bertz CT molecular complexity index is 1130. The van der Waals surface area contributed by atoms with Gasteiger partial charge in [0.2, 0.25) is 0 Å². The molecule has 0 saturated carbocycles. The predicted molar refractivity (Wildman–Crippen MR) is 123 cm³/mol. The molecule has 0 aliphatic carbocycles. The van der Waals surface area contributed by atoms with Crippen molar-refractivity contribution in [2.75, 3.05) is 0 Å². The summed E-state index contributed by atoms with van der Waals surface area (Å²) in [4.78, 5) is 33.0. The third-order valence-corrected chi connectivity index (χ3v) is 7.21. The highest BCUT2D eigenvalue weighted by molar-refractivity contribution is 9.10. The average Bonchev–Trinajstić information content (AvgIpc) is 3.10. The molecule has 0 spiro atoms. The largest absolute Gasteiger partial charge is 0.348 e. The van der Waals surface area contributed by atoms with Crippen LogP contribution in [0.3, 0.4) is 0 Å². The second-order valence-electron chi connectivity index (χ2n) is 7.63. The fourth-order valence-electron chi connectivity index (χ4n) is 3.40. The molecule has 3 aromatic rings. The average molecular weight is 476 g/mol. The molecule has 0 saturated heterocycles. The van der Waals surface area contributed by atoms with E-state index in [9.17, 15) is 9.59 Å². The van der Waals surface area contributed by atoms with Crippen LogP contribution in [0.15, 0.2) is 21.4 Å². The highest BCUT2D eigenvalue weighted by atomic mass is 79.9. The van der Waals surface area contributed by atoms with Gasteiger partial charge in [-0.3, -0.25) is 9.59 Å². The second kappa shape index (κ2) is 8.79. The molecule has 0 radical (unpaired) electrons. The van der Waals surface area contributed by atoms with Crippen molar-refractivity contribution in [3.05, 3.63) is 59.9 Å². The van der Waals surface area contributed by atoms with Crippen LogP contribution in [0.2, 0.25) is 0 Å². The molecule has 2 aromatic heterocycles. The summed E-state index contributed by atoms with van der Waals surface area (Å²) in [5.41, 5.74) is 4.60. The van der Waals surface area contributed by atoms with Gasteiger partial charge in [-0.25, -0.2) is 4.98 Å². The molecule has 3 rings (SSSR count). The summed E-state index contributed by atoms with van der Waals surface area (Å²) >= 11 is 5.25. The number of aromatic amines is 1. The number of fused-ring (bicyclic) bond motifs is 1. The first kappa shape index (κ1) is 21.7. The SMILES string of the molecule is CCCc1cc(C)[nH]c(=O)c1CNC(=O)c1cc(Br)c2sc(C(C)C)nc2c1C. The lowest BCUT2D eigenvalue weighted by Crippen LogP contribution is -2.29. The number of nitrogens with one attached hydrogen (secondary N) is 2. The Balaban J connectivity index is 1.92. The summed E-state index contributed by atoms with van der Waals surface area (Å²) in [7, 11) is 0. The Kier molecular flexibility index (Phi) is 6.58. The van der Waals surface area contributed by atoms with Crippen molar-refractivity contribution in [3.8, 4) is 0 Å². The Morgan fingerprint density at radius 1 is 1.31 bits per heavy atom. The maximum absolute atomic E-state index is 13.0. The molecule has 1 amide bonds. The van der Waals surface area contributed by atoms with E-state index in [0.717, 1.165) is 49.4 Å². The molecule has 2 N–H and O–H groups in total. The van der Waals surface area contributed by atoms with E-state index < -0.39 is 0 Å². The zero-order valence-electron chi connectivity index (χ0n) is 17.4. The van der Waals surface area contributed by atoms with Gasteiger partial charge in [0, 0.05) is 33.8 Å². The Hall–Kier alpha value is -1.99. The van der Waals surface area contributed by atoms with E-state index in [1.54, 1.807) is 11.3 Å². The highest BCUT2D eigenvalue weighted by Crippen LogP contribution is 2.36. The standard InChI is InChI=1S/C22H26BrN3O2S/c1-6-7-14-8-12(4)25-21(28)16(14)10-24-20(27)15-9-17(23)19-18(13(15)5)26-22(29-19)11(2)3/h8-9,11H,6-7,10H2,1-5H3,(H,24,27)(H,25,28). The van der Waals surface area contributed by atoms with Crippen LogP contribution in [0.25, 0.3) is 10.2 Å². The van der Waals surface area contributed by atoms with Crippen LogP contribution in [0, 0.1) is 13.8 Å². The molecule has 2 heterocycles. The Labute approximate surface area is 183 Å². The number of hydrogen-bond donors (Lipinski definition) is 2. The minimum atomic E-state index is -0.202. The van der Waals surface area contributed by atoms with Gasteiger partial charge in [0.25, 0.3) is 11.5 Å². The summed E-state index contributed by atoms with van der Waals surface area (Å²) in [5.74, 6) is 0.132. The summed E-state index contributed by atoms with van der Waals surface area (Å²) < 4.78 is 1.93. The zero-order valence-corrected chi connectivity index (χ0v) is 19.8. The number of rotatable bonds is 6. The number of carbonyl (C=O) groups is 1. The number of benzene rings is 1. The molecule has 0 atom stereocenters. The zero-order chi connectivity index (χ0) is 21.3. The van der Waals surface area contributed by atoms with Gasteiger partial charge in [0.1, 0.15) is 0 Å².